The van der Waals surface area contributed by atoms with Crippen LogP contribution in [0.3, 0.4) is 0 Å². The number of halogens is 1. The highest BCUT2D eigenvalue weighted by atomic mass is 35.5. The Kier molecular flexibility index (Phi) is 6.02. The first-order valence-corrected chi connectivity index (χ1v) is 10.2. The van der Waals surface area contributed by atoms with Gasteiger partial charge in [-0.05, 0) is 54.3 Å². The molecule has 0 atom stereocenters. The number of hydrogen-bond acceptors (Lipinski definition) is 7. The average Bonchev–Trinajstić information content (AvgIpc) is 2.75. The molecule has 6 N–H and O–H groups in total. The van der Waals surface area contributed by atoms with Crippen LogP contribution in [0.5, 0.6) is 0 Å². The van der Waals surface area contributed by atoms with Crippen molar-refractivity contribution in [2.24, 2.45) is 5.73 Å². The number of aromatic nitrogens is 2. The standard InChI is InChI=1S/C22H24ClN7/c1-14(25-10-9-24)27-20-8-7-18-12-16(20)6-5-15-3-2-4-17(11-15)29-22-26-13-19(23)21(28-18)30-22/h2-4,7-8,11-13,25,27H,1,5-6,9-10,24H2,(H2,26,28,29,30). The topological polar surface area (TPSA) is 99.9 Å². The number of hydrogen-bond donors (Lipinski definition) is 5. The van der Waals surface area contributed by atoms with Crippen molar-refractivity contribution in [1.82, 2.24) is 15.3 Å². The van der Waals surface area contributed by atoms with Crippen LogP contribution in [0.2, 0.25) is 5.02 Å². The third-order valence-electron chi connectivity index (χ3n) is 4.75. The van der Waals surface area contributed by atoms with E-state index in [9.17, 15) is 0 Å². The van der Waals surface area contributed by atoms with Crippen LogP contribution in [0.1, 0.15) is 11.1 Å². The Labute approximate surface area is 180 Å². The van der Waals surface area contributed by atoms with Crippen LogP contribution in [-0.4, -0.2) is 23.1 Å². The number of aryl methyl sites for hydroxylation is 2. The number of anilines is 5. The molecule has 1 aromatic heterocycles. The zero-order valence-electron chi connectivity index (χ0n) is 16.5. The molecule has 0 saturated carbocycles. The maximum absolute atomic E-state index is 6.32. The largest absolute Gasteiger partial charge is 0.371 e. The fraction of sp³-hybridized carbons (Fsp3) is 0.182. The van der Waals surface area contributed by atoms with Crippen molar-refractivity contribution in [2.75, 3.05) is 29.0 Å². The molecular weight excluding hydrogens is 398 g/mol. The van der Waals surface area contributed by atoms with Gasteiger partial charge in [0, 0.05) is 30.2 Å². The number of nitrogens with one attached hydrogen (secondary N) is 4. The smallest absolute Gasteiger partial charge is 0.229 e. The summed E-state index contributed by atoms with van der Waals surface area (Å²) in [5, 5.41) is 13.5. The number of nitrogens with zero attached hydrogens (tertiary/aromatic N) is 2. The van der Waals surface area contributed by atoms with E-state index in [0.29, 0.717) is 29.9 Å². The predicted molar refractivity (Wildman–Crippen MR) is 124 cm³/mol. The average molecular weight is 422 g/mol. The SMILES string of the molecule is C=C(NCCN)Nc1ccc2cc1CCc1cccc(c1)Nc1ncc(Cl)c(n1)N2. The summed E-state index contributed by atoms with van der Waals surface area (Å²) in [6.07, 6.45) is 3.32. The third kappa shape index (κ3) is 4.82. The number of benzene rings is 2. The lowest BCUT2D eigenvalue weighted by Crippen LogP contribution is -2.25. The molecule has 0 fully saturated rings. The summed E-state index contributed by atoms with van der Waals surface area (Å²) < 4.78 is 0. The number of fused-ring (bicyclic) bond motifs is 6. The summed E-state index contributed by atoms with van der Waals surface area (Å²) in [6, 6.07) is 14.4. The van der Waals surface area contributed by atoms with Gasteiger partial charge in [0.25, 0.3) is 0 Å². The van der Waals surface area contributed by atoms with Crippen LogP contribution in [0.15, 0.2) is 61.1 Å². The van der Waals surface area contributed by atoms with Crippen LogP contribution < -0.4 is 27.0 Å². The van der Waals surface area contributed by atoms with Crippen LogP contribution in [0.4, 0.5) is 28.8 Å². The second-order valence-corrected chi connectivity index (χ2v) is 7.44. The Hall–Kier alpha value is -3.29. The van der Waals surface area contributed by atoms with Gasteiger partial charge in [-0.3, -0.25) is 0 Å². The molecule has 8 heteroatoms. The van der Waals surface area contributed by atoms with Crippen molar-refractivity contribution in [3.63, 3.8) is 0 Å². The first-order chi connectivity index (χ1) is 14.6. The van der Waals surface area contributed by atoms with Gasteiger partial charge >= 0.3 is 0 Å². The molecule has 0 aliphatic carbocycles. The monoisotopic (exact) mass is 421 g/mol. The summed E-state index contributed by atoms with van der Waals surface area (Å²) in [4.78, 5) is 8.82. The highest BCUT2D eigenvalue weighted by Gasteiger charge is 2.11. The second-order valence-electron chi connectivity index (χ2n) is 7.03. The van der Waals surface area contributed by atoms with E-state index >= 15 is 0 Å². The summed E-state index contributed by atoms with van der Waals surface area (Å²) in [5.74, 6) is 1.75. The van der Waals surface area contributed by atoms with Gasteiger partial charge in [-0.2, -0.15) is 4.98 Å². The van der Waals surface area contributed by atoms with Gasteiger partial charge in [-0.15, -0.1) is 0 Å². The first-order valence-electron chi connectivity index (χ1n) is 9.79. The van der Waals surface area contributed by atoms with Gasteiger partial charge < -0.3 is 27.0 Å². The molecule has 0 radical (unpaired) electrons. The van der Waals surface area contributed by atoms with Crippen molar-refractivity contribution >= 4 is 40.4 Å². The Morgan fingerprint density at radius 2 is 2.00 bits per heavy atom. The van der Waals surface area contributed by atoms with Gasteiger partial charge in [-0.1, -0.05) is 30.3 Å². The molecule has 3 aromatic rings. The summed E-state index contributed by atoms with van der Waals surface area (Å²) >= 11 is 6.32. The lowest BCUT2D eigenvalue weighted by Gasteiger charge is -2.17. The fourth-order valence-electron chi connectivity index (χ4n) is 3.29. The Morgan fingerprint density at radius 3 is 2.87 bits per heavy atom. The molecule has 0 saturated heterocycles. The second kappa shape index (κ2) is 9.02. The third-order valence-corrected chi connectivity index (χ3v) is 5.02. The quantitative estimate of drug-likeness (QED) is 0.422. The normalized spacial score (nSPS) is 12.3. The van der Waals surface area contributed by atoms with E-state index in [1.165, 1.54) is 5.56 Å². The number of rotatable bonds is 5. The molecule has 1 aliphatic heterocycles. The van der Waals surface area contributed by atoms with E-state index in [2.05, 4.69) is 56.0 Å². The highest BCUT2D eigenvalue weighted by Crippen LogP contribution is 2.29. The predicted octanol–water partition coefficient (Wildman–Crippen LogP) is 4.15. The Morgan fingerprint density at radius 1 is 1.13 bits per heavy atom. The lowest BCUT2D eigenvalue weighted by molar-refractivity contribution is 0.803. The Balaban J connectivity index is 1.71. The number of nitrogens with two attached hydrogens (primary N) is 1. The molecule has 0 amide bonds. The van der Waals surface area contributed by atoms with Crippen LogP contribution in [0, 0.1) is 0 Å². The molecule has 4 rings (SSSR count). The van der Waals surface area contributed by atoms with E-state index in [1.54, 1.807) is 6.20 Å². The summed E-state index contributed by atoms with van der Waals surface area (Å²) in [6.45, 7) is 5.24. The summed E-state index contributed by atoms with van der Waals surface area (Å²) in [7, 11) is 0. The summed E-state index contributed by atoms with van der Waals surface area (Å²) in [5.41, 5.74) is 10.8. The molecule has 7 nitrogen and oxygen atoms in total. The highest BCUT2D eigenvalue weighted by molar-refractivity contribution is 6.32. The molecule has 0 spiro atoms. The molecule has 6 bridgehead atoms. The molecule has 2 aromatic carbocycles. The zero-order valence-corrected chi connectivity index (χ0v) is 17.3. The van der Waals surface area contributed by atoms with Gasteiger partial charge in [0.2, 0.25) is 5.95 Å². The van der Waals surface area contributed by atoms with Crippen molar-refractivity contribution in [3.05, 3.63) is 77.2 Å². The van der Waals surface area contributed by atoms with Crippen molar-refractivity contribution < 1.29 is 0 Å². The van der Waals surface area contributed by atoms with E-state index < -0.39 is 0 Å². The van der Waals surface area contributed by atoms with E-state index in [-0.39, 0.29) is 0 Å². The van der Waals surface area contributed by atoms with Crippen LogP contribution in [0.25, 0.3) is 0 Å². The van der Waals surface area contributed by atoms with Gasteiger partial charge in [0.15, 0.2) is 5.82 Å². The minimum atomic E-state index is 0.451. The molecule has 1 aliphatic rings. The fourth-order valence-corrected chi connectivity index (χ4v) is 3.43. The van der Waals surface area contributed by atoms with Gasteiger partial charge in [0.05, 0.1) is 12.0 Å². The van der Waals surface area contributed by atoms with E-state index in [0.717, 1.165) is 41.3 Å². The van der Waals surface area contributed by atoms with E-state index in [1.807, 2.05) is 24.3 Å². The maximum Gasteiger partial charge on any atom is 0.229 e. The van der Waals surface area contributed by atoms with E-state index in [4.69, 9.17) is 17.3 Å². The Bertz CT molecular complexity index is 1070. The molecule has 0 unspecified atom stereocenters. The molecule has 30 heavy (non-hydrogen) atoms. The van der Waals surface area contributed by atoms with Crippen molar-refractivity contribution in [2.45, 2.75) is 12.8 Å². The minimum absolute atomic E-state index is 0.451. The zero-order chi connectivity index (χ0) is 20.9. The van der Waals surface area contributed by atoms with Gasteiger partial charge in [-0.25, -0.2) is 4.98 Å². The minimum Gasteiger partial charge on any atom is -0.371 e. The van der Waals surface area contributed by atoms with Crippen molar-refractivity contribution in [1.29, 1.82) is 0 Å². The van der Waals surface area contributed by atoms with Crippen LogP contribution in [-0.2, 0) is 12.8 Å². The maximum atomic E-state index is 6.32. The molecular formula is C22H24ClN7. The first kappa shape index (κ1) is 20.0. The molecule has 154 valence electrons. The van der Waals surface area contributed by atoms with Crippen LogP contribution >= 0.6 is 11.6 Å². The van der Waals surface area contributed by atoms with Gasteiger partial charge in [0.1, 0.15) is 5.02 Å². The lowest BCUT2D eigenvalue weighted by atomic mass is 10.0. The molecule has 2 heterocycles. The van der Waals surface area contributed by atoms with Crippen molar-refractivity contribution in [3.8, 4) is 0 Å².